The number of H-pyrrole nitrogens is 1. The maximum Gasteiger partial charge on any atom is 0.188 e. The zero-order valence-corrected chi connectivity index (χ0v) is 10.6. The van der Waals surface area contributed by atoms with Crippen LogP contribution in [-0.2, 0) is 0 Å². The first-order valence-electron chi connectivity index (χ1n) is 4.95. The van der Waals surface area contributed by atoms with Gasteiger partial charge in [0.15, 0.2) is 5.13 Å². The normalized spacial score (nSPS) is 10.6. The van der Waals surface area contributed by atoms with Gasteiger partial charge in [0.25, 0.3) is 0 Å². The highest BCUT2D eigenvalue weighted by Crippen LogP contribution is 2.26. The lowest BCUT2D eigenvalue weighted by molar-refractivity contribution is 1.09. The van der Waals surface area contributed by atoms with Crippen LogP contribution >= 0.6 is 22.7 Å². The molecule has 0 unspecified atom stereocenters. The summed E-state index contributed by atoms with van der Waals surface area (Å²) in [6, 6.07) is 0. The zero-order valence-electron chi connectivity index (χ0n) is 8.97. The topological polar surface area (TPSA) is 66.5 Å². The minimum absolute atomic E-state index is 0.839. The number of aromatic amines is 1. The molecule has 5 nitrogen and oxygen atoms in total. The Balaban J connectivity index is 1.81. The van der Waals surface area contributed by atoms with Gasteiger partial charge in [0.05, 0.1) is 16.9 Å². The molecular weight excluding hydrogens is 254 g/mol. The van der Waals surface area contributed by atoms with Crippen molar-refractivity contribution in [2.24, 2.45) is 0 Å². The Labute approximate surface area is 106 Å². The third-order valence-electron chi connectivity index (χ3n) is 2.15. The molecule has 0 bridgehead atoms. The molecule has 0 spiro atoms. The van der Waals surface area contributed by atoms with Crippen LogP contribution in [0.2, 0.25) is 0 Å². The fourth-order valence-corrected chi connectivity index (χ4v) is 2.66. The van der Waals surface area contributed by atoms with E-state index in [0.717, 1.165) is 27.2 Å². The van der Waals surface area contributed by atoms with Gasteiger partial charge in [-0.15, -0.1) is 22.7 Å². The summed E-state index contributed by atoms with van der Waals surface area (Å²) in [5.41, 5.74) is 1.90. The summed E-state index contributed by atoms with van der Waals surface area (Å²) in [5, 5.41) is 15.7. The second kappa shape index (κ2) is 4.27. The van der Waals surface area contributed by atoms with Crippen LogP contribution in [-0.4, -0.2) is 20.2 Å². The molecule has 0 aliphatic carbocycles. The lowest BCUT2D eigenvalue weighted by atomic mass is 10.3. The molecule has 3 aromatic rings. The van der Waals surface area contributed by atoms with Gasteiger partial charge in [0.1, 0.15) is 5.82 Å². The molecule has 3 rings (SSSR count). The predicted molar refractivity (Wildman–Crippen MR) is 69.8 cm³/mol. The van der Waals surface area contributed by atoms with E-state index in [9.17, 15) is 0 Å². The molecule has 0 aliphatic heterocycles. The Hall–Kier alpha value is -1.73. The van der Waals surface area contributed by atoms with E-state index in [1.165, 1.54) is 0 Å². The minimum atomic E-state index is 0.839. The fraction of sp³-hybridized carbons (Fsp3) is 0.100. The van der Waals surface area contributed by atoms with E-state index in [2.05, 4.69) is 25.5 Å². The molecule has 0 saturated heterocycles. The minimum Gasteiger partial charge on any atom is -0.315 e. The van der Waals surface area contributed by atoms with E-state index in [0.29, 0.717) is 0 Å². The lowest BCUT2D eigenvalue weighted by Gasteiger charge is -1.95. The van der Waals surface area contributed by atoms with E-state index in [1.54, 1.807) is 28.9 Å². The molecule has 0 amide bonds. The Bertz CT molecular complexity index is 610. The van der Waals surface area contributed by atoms with Gasteiger partial charge in [-0.25, -0.2) is 9.97 Å². The first-order valence-corrected chi connectivity index (χ1v) is 6.71. The van der Waals surface area contributed by atoms with Gasteiger partial charge < -0.3 is 5.32 Å². The summed E-state index contributed by atoms with van der Waals surface area (Å²) in [6.45, 7) is 1.98. The van der Waals surface area contributed by atoms with Crippen molar-refractivity contribution in [2.75, 3.05) is 5.32 Å². The second-order valence-electron chi connectivity index (χ2n) is 3.40. The second-order valence-corrected chi connectivity index (χ2v) is 5.32. The quantitative estimate of drug-likeness (QED) is 0.762. The maximum absolute atomic E-state index is 4.47. The van der Waals surface area contributed by atoms with Crippen molar-refractivity contribution in [1.82, 2.24) is 20.2 Å². The van der Waals surface area contributed by atoms with Crippen LogP contribution in [0.1, 0.15) is 5.01 Å². The van der Waals surface area contributed by atoms with E-state index >= 15 is 0 Å². The van der Waals surface area contributed by atoms with Crippen LogP contribution in [0.3, 0.4) is 0 Å². The van der Waals surface area contributed by atoms with E-state index in [1.807, 2.05) is 23.9 Å². The third-order valence-corrected chi connectivity index (χ3v) is 3.68. The summed E-state index contributed by atoms with van der Waals surface area (Å²) < 4.78 is 0. The first-order chi connectivity index (χ1) is 8.31. The maximum atomic E-state index is 4.47. The van der Waals surface area contributed by atoms with Crippen molar-refractivity contribution in [3.8, 4) is 11.3 Å². The molecule has 2 N–H and O–H groups in total. The Kier molecular flexibility index (Phi) is 2.62. The molecule has 0 atom stereocenters. The van der Waals surface area contributed by atoms with Crippen LogP contribution in [0.25, 0.3) is 11.3 Å². The Morgan fingerprint density at radius 1 is 1.24 bits per heavy atom. The Morgan fingerprint density at radius 2 is 2.18 bits per heavy atom. The molecule has 3 aromatic heterocycles. The number of aryl methyl sites for hydroxylation is 1. The highest BCUT2D eigenvalue weighted by atomic mass is 32.1. The summed E-state index contributed by atoms with van der Waals surface area (Å²) in [4.78, 5) is 8.80. The van der Waals surface area contributed by atoms with Crippen LogP contribution in [0.5, 0.6) is 0 Å². The highest BCUT2D eigenvalue weighted by Gasteiger charge is 2.06. The molecular formula is C10H9N5S2. The van der Waals surface area contributed by atoms with Gasteiger partial charge in [-0.2, -0.15) is 5.10 Å². The molecule has 0 saturated carbocycles. The summed E-state index contributed by atoms with van der Waals surface area (Å²) in [6.07, 6.45) is 3.58. The average Bonchev–Trinajstić information content (AvgIpc) is 3.00. The fourth-order valence-electron chi connectivity index (χ4n) is 1.39. The van der Waals surface area contributed by atoms with Gasteiger partial charge in [-0.3, -0.25) is 5.10 Å². The summed E-state index contributed by atoms with van der Waals surface area (Å²) in [5.74, 6) is 0.848. The standard InChI is InChI=1S/C10H9N5S2/c1-6-13-9(5-16-6)15-10-14-8(4-17-10)7-2-11-12-3-7/h2-5H,1H3,(H,11,12)(H,14,15). The van der Waals surface area contributed by atoms with Crippen LogP contribution in [0.4, 0.5) is 10.9 Å². The molecule has 0 aliphatic rings. The molecule has 86 valence electrons. The number of nitrogens with one attached hydrogen (secondary N) is 2. The monoisotopic (exact) mass is 263 g/mol. The van der Waals surface area contributed by atoms with Crippen LogP contribution in [0.15, 0.2) is 23.2 Å². The van der Waals surface area contributed by atoms with Gasteiger partial charge in [-0.1, -0.05) is 0 Å². The number of aromatic nitrogens is 4. The van der Waals surface area contributed by atoms with E-state index in [4.69, 9.17) is 0 Å². The van der Waals surface area contributed by atoms with Gasteiger partial charge >= 0.3 is 0 Å². The van der Waals surface area contributed by atoms with E-state index < -0.39 is 0 Å². The Morgan fingerprint density at radius 3 is 2.88 bits per heavy atom. The van der Waals surface area contributed by atoms with Crippen molar-refractivity contribution in [3.05, 3.63) is 28.2 Å². The molecule has 0 fully saturated rings. The zero-order chi connectivity index (χ0) is 11.7. The van der Waals surface area contributed by atoms with Gasteiger partial charge in [-0.05, 0) is 6.92 Å². The number of nitrogens with zero attached hydrogens (tertiary/aromatic N) is 3. The average molecular weight is 263 g/mol. The van der Waals surface area contributed by atoms with E-state index in [-0.39, 0.29) is 0 Å². The van der Waals surface area contributed by atoms with Crippen molar-refractivity contribution >= 4 is 33.6 Å². The van der Waals surface area contributed by atoms with Crippen LogP contribution < -0.4 is 5.32 Å². The first kappa shape index (κ1) is 10.4. The van der Waals surface area contributed by atoms with Crippen molar-refractivity contribution < 1.29 is 0 Å². The molecule has 7 heteroatoms. The van der Waals surface area contributed by atoms with Crippen molar-refractivity contribution in [3.63, 3.8) is 0 Å². The molecule has 17 heavy (non-hydrogen) atoms. The largest absolute Gasteiger partial charge is 0.315 e. The lowest BCUT2D eigenvalue weighted by Crippen LogP contribution is -1.89. The van der Waals surface area contributed by atoms with Crippen LogP contribution in [0, 0.1) is 6.92 Å². The van der Waals surface area contributed by atoms with Gasteiger partial charge in [0, 0.05) is 22.5 Å². The molecule has 0 aromatic carbocycles. The summed E-state index contributed by atoms with van der Waals surface area (Å²) >= 11 is 3.17. The highest BCUT2D eigenvalue weighted by molar-refractivity contribution is 7.14. The number of thiazole rings is 2. The SMILES string of the molecule is Cc1nc(Nc2nc(-c3cn[nH]c3)cs2)cs1. The third kappa shape index (κ3) is 2.20. The van der Waals surface area contributed by atoms with Gasteiger partial charge in [0.2, 0.25) is 0 Å². The smallest absolute Gasteiger partial charge is 0.188 e. The molecule has 3 heterocycles. The number of hydrogen-bond acceptors (Lipinski definition) is 6. The molecule has 0 radical (unpaired) electrons. The predicted octanol–water partition coefficient (Wildman–Crippen LogP) is 3.04. The summed E-state index contributed by atoms with van der Waals surface area (Å²) in [7, 11) is 0. The van der Waals surface area contributed by atoms with Crippen molar-refractivity contribution in [2.45, 2.75) is 6.92 Å². The number of rotatable bonds is 3. The number of hydrogen-bond donors (Lipinski definition) is 2. The van der Waals surface area contributed by atoms with Crippen molar-refractivity contribution in [1.29, 1.82) is 0 Å². The number of anilines is 2.